The maximum absolute atomic E-state index is 11.4. The van der Waals surface area contributed by atoms with Crippen molar-refractivity contribution in [2.45, 2.75) is 44.2 Å². The van der Waals surface area contributed by atoms with Crippen molar-refractivity contribution in [2.24, 2.45) is 11.7 Å². The van der Waals surface area contributed by atoms with Crippen LogP contribution in [0, 0.1) is 5.92 Å². The van der Waals surface area contributed by atoms with E-state index in [1.165, 1.54) is 12.8 Å². The molecule has 2 fully saturated rings. The highest BCUT2D eigenvalue weighted by molar-refractivity contribution is 5.70. The van der Waals surface area contributed by atoms with E-state index in [0.717, 1.165) is 19.4 Å². The minimum absolute atomic E-state index is 0.00185. The van der Waals surface area contributed by atoms with Crippen molar-refractivity contribution >= 4 is 5.97 Å². The molecule has 1 saturated carbocycles. The molecule has 0 aromatic heterocycles. The fourth-order valence-electron chi connectivity index (χ4n) is 1.90. The van der Waals surface area contributed by atoms with E-state index in [1.807, 2.05) is 0 Å². The normalized spacial score (nSPS) is 27.7. The molecule has 4 nitrogen and oxygen atoms in total. The van der Waals surface area contributed by atoms with Crippen LogP contribution in [0.15, 0.2) is 0 Å². The summed E-state index contributed by atoms with van der Waals surface area (Å²) in [4.78, 5) is 11.4. The highest BCUT2D eigenvalue weighted by atomic mass is 16.6. The van der Waals surface area contributed by atoms with Crippen LogP contribution in [0.4, 0.5) is 0 Å². The number of carbonyl (C=O) groups excluding carboxylic acids is 1. The van der Waals surface area contributed by atoms with Gasteiger partial charge in [0.05, 0.1) is 12.5 Å². The zero-order chi connectivity index (χ0) is 10.7. The van der Waals surface area contributed by atoms with Gasteiger partial charge in [0.2, 0.25) is 0 Å². The molecule has 2 unspecified atom stereocenters. The topological polar surface area (TPSA) is 61.6 Å². The molecule has 0 spiro atoms. The van der Waals surface area contributed by atoms with Crippen LogP contribution >= 0.6 is 0 Å². The monoisotopic (exact) mass is 213 g/mol. The van der Waals surface area contributed by atoms with Gasteiger partial charge >= 0.3 is 5.97 Å². The molecule has 1 aliphatic carbocycles. The number of ether oxygens (including phenoxy) is 2. The van der Waals surface area contributed by atoms with Crippen LogP contribution in [0.5, 0.6) is 0 Å². The highest BCUT2D eigenvalue weighted by Crippen LogP contribution is 2.32. The second-order valence-electron chi connectivity index (χ2n) is 4.52. The van der Waals surface area contributed by atoms with Gasteiger partial charge in [-0.3, -0.25) is 4.79 Å². The average molecular weight is 213 g/mol. The fraction of sp³-hybridized carbons (Fsp3) is 0.909. The number of nitrogens with two attached hydrogens (primary N) is 1. The van der Waals surface area contributed by atoms with E-state index in [9.17, 15) is 4.79 Å². The summed E-state index contributed by atoms with van der Waals surface area (Å²) in [7, 11) is 0. The lowest BCUT2D eigenvalue weighted by molar-refractivity contribution is -0.147. The van der Waals surface area contributed by atoms with E-state index < -0.39 is 0 Å². The van der Waals surface area contributed by atoms with Crippen molar-refractivity contribution < 1.29 is 14.3 Å². The molecule has 15 heavy (non-hydrogen) atoms. The van der Waals surface area contributed by atoms with Gasteiger partial charge in [-0.25, -0.2) is 0 Å². The predicted octanol–water partition coefficient (Wildman–Crippen LogP) is 0.836. The minimum Gasteiger partial charge on any atom is -0.463 e. The van der Waals surface area contributed by atoms with E-state index in [0.29, 0.717) is 18.9 Å². The zero-order valence-corrected chi connectivity index (χ0v) is 8.98. The molecule has 2 atom stereocenters. The summed E-state index contributed by atoms with van der Waals surface area (Å²) < 4.78 is 10.5. The Morgan fingerprint density at radius 1 is 1.47 bits per heavy atom. The van der Waals surface area contributed by atoms with E-state index in [2.05, 4.69) is 0 Å². The van der Waals surface area contributed by atoms with Gasteiger partial charge in [0.25, 0.3) is 0 Å². The maximum Gasteiger partial charge on any atom is 0.307 e. The number of carbonyl (C=O) groups is 1. The summed E-state index contributed by atoms with van der Waals surface area (Å²) >= 11 is 0. The second-order valence-corrected chi connectivity index (χ2v) is 4.52. The van der Waals surface area contributed by atoms with Gasteiger partial charge in [-0.2, -0.15) is 0 Å². The molecule has 0 amide bonds. The van der Waals surface area contributed by atoms with Gasteiger partial charge in [-0.1, -0.05) is 0 Å². The Labute approximate surface area is 90.1 Å². The zero-order valence-electron chi connectivity index (χ0n) is 8.98. The molecule has 2 rings (SSSR count). The summed E-state index contributed by atoms with van der Waals surface area (Å²) in [5.41, 5.74) is 5.83. The summed E-state index contributed by atoms with van der Waals surface area (Å²) in [6.45, 7) is 1.19. The summed E-state index contributed by atoms with van der Waals surface area (Å²) in [6, 6.07) is 0.00185. The molecule has 2 aliphatic rings. The number of hydrogen-bond donors (Lipinski definition) is 1. The SMILES string of the molecule is NC(CC(=O)OCC1CCCO1)C1CC1. The van der Waals surface area contributed by atoms with Crippen LogP contribution in [-0.2, 0) is 14.3 Å². The predicted molar refractivity (Wildman–Crippen MR) is 55.2 cm³/mol. The second kappa shape index (κ2) is 4.94. The van der Waals surface area contributed by atoms with E-state index >= 15 is 0 Å². The first-order valence-electron chi connectivity index (χ1n) is 5.78. The van der Waals surface area contributed by atoms with Crippen LogP contribution < -0.4 is 5.73 Å². The van der Waals surface area contributed by atoms with Crippen LogP contribution in [0.25, 0.3) is 0 Å². The van der Waals surface area contributed by atoms with Crippen molar-refractivity contribution in [3.8, 4) is 0 Å². The summed E-state index contributed by atoms with van der Waals surface area (Å²) in [6.07, 6.45) is 4.88. The molecule has 0 bridgehead atoms. The molecule has 1 heterocycles. The van der Waals surface area contributed by atoms with Gasteiger partial charge in [-0.15, -0.1) is 0 Å². The Bertz CT molecular complexity index is 222. The Balaban J connectivity index is 1.59. The minimum atomic E-state index is -0.176. The van der Waals surface area contributed by atoms with Crippen molar-refractivity contribution in [3.63, 3.8) is 0 Å². The number of rotatable bonds is 5. The highest BCUT2D eigenvalue weighted by Gasteiger charge is 2.30. The van der Waals surface area contributed by atoms with E-state index in [-0.39, 0.29) is 18.1 Å². The molecule has 0 aromatic carbocycles. The smallest absolute Gasteiger partial charge is 0.307 e. The van der Waals surface area contributed by atoms with E-state index in [1.54, 1.807) is 0 Å². The van der Waals surface area contributed by atoms with Crippen LogP contribution in [0.1, 0.15) is 32.1 Å². The van der Waals surface area contributed by atoms with Crippen molar-refractivity contribution in [2.75, 3.05) is 13.2 Å². The van der Waals surface area contributed by atoms with Gasteiger partial charge in [0, 0.05) is 12.6 Å². The van der Waals surface area contributed by atoms with Gasteiger partial charge < -0.3 is 15.2 Å². The Kier molecular flexibility index (Phi) is 3.59. The molecule has 4 heteroatoms. The van der Waals surface area contributed by atoms with Crippen LogP contribution in [-0.4, -0.2) is 31.3 Å². The number of esters is 1. The van der Waals surface area contributed by atoms with Crippen LogP contribution in [0.3, 0.4) is 0 Å². The quantitative estimate of drug-likeness (QED) is 0.687. The molecule has 2 N–H and O–H groups in total. The lowest BCUT2D eigenvalue weighted by atomic mass is 10.1. The third-order valence-corrected chi connectivity index (χ3v) is 3.08. The molecule has 0 aromatic rings. The van der Waals surface area contributed by atoms with Crippen molar-refractivity contribution in [3.05, 3.63) is 0 Å². The standard InChI is InChI=1S/C11H19NO3/c12-10(8-3-4-8)6-11(13)15-7-9-2-1-5-14-9/h8-10H,1-7,12H2. The summed E-state index contributed by atoms with van der Waals surface area (Å²) in [5, 5.41) is 0. The summed E-state index contributed by atoms with van der Waals surface area (Å²) in [5.74, 6) is 0.380. The Hall–Kier alpha value is -0.610. The van der Waals surface area contributed by atoms with E-state index in [4.69, 9.17) is 15.2 Å². The molecular formula is C11H19NO3. The van der Waals surface area contributed by atoms with Crippen molar-refractivity contribution in [1.29, 1.82) is 0 Å². The lowest BCUT2D eigenvalue weighted by Gasteiger charge is -2.12. The maximum atomic E-state index is 11.4. The third kappa shape index (κ3) is 3.47. The molecule has 86 valence electrons. The molecule has 1 saturated heterocycles. The molecular weight excluding hydrogens is 194 g/mol. The lowest BCUT2D eigenvalue weighted by Crippen LogP contribution is -2.28. The Morgan fingerprint density at radius 3 is 2.87 bits per heavy atom. The van der Waals surface area contributed by atoms with Gasteiger partial charge in [-0.05, 0) is 31.6 Å². The van der Waals surface area contributed by atoms with Crippen molar-refractivity contribution in [1.82, 2.24) is 0 Å². The number of hydrogen-bond acceptors (Lipinski definition) is 4. The third-order valence-electron chi connectivity index (χ3n) is 3.08. The largest absolute Gasteiger partial charge is 0.463 e. The molecule has 1 aliphatic heterocycles. The van der Waals surface area contributed by atoms with Gasteiger partial charge in [0.1, 0.15) is 6.61 Å². The van der Waals surface area contributed by atoms with Crippen LogP contribution in [0.2, 0.25) is 0 Å². The fourth-order valence-corrected chi connectivity index (χ4v) is 1.90. The first-order valence-corrected chi connectivity index (χ1v) is 5.78. The average Bonchev–Trinajstić information content (AvgIpc) is 2.93. The Morgan fingerprint density at radius 2 is 2.27 bits per heavy atom. The molecule has 0 radical (unpaired) electrons. The first kappa shape index (κ1) is 10.9. The first-order chi connectivity index (χ1) is 7.25. The van der Waals surface area contributed by atoms with Gasteiger partial charge in [0.15, 0.2) is 0 Å².